The van der Waals surface area contributed by atoms with Crippen molar-refractivity contribution >= 4 is 23.2 Å². The van der Waals surface area contributed by atoms with Gasteiger partial charge in [-0.1, -0.05) is 60.1 Å². The van der Waals surface area contributed by atoms with E-state index in [1.54, 1.807) is 0 Å². The molecule has 0 saturated heterocycles. The summed E-state index contributed by atoms with van der Waals surface area (Å²) in [5.41, 5.74) is 5.42. The third-order valence-electron chi connectivity index (χ3n) is 3.95. The van der Waals surface area contributed by atoms with Crippen LogP contribution in [-0.2, 0) is 4.79 Å². The summed E-state index contributed by atoms with van der Waals surface area (Å²) >= 11 is 6.12. The molecule has 2 aromatic rings. The standard InChI is InChI=1S/C18H17ClN2O/c1-12(14-9-5-6-10-17(14)19)20-21-18(22)16-11-15(16)13-7-3-2-4-8-13/h2-10,15-16H,11H2,1H3,(H,21,22). The maximum Gasteiger partial charge on any atom is 0.243 e. The van der Waals surface area contributed by atoms with E-state index in [-0.39, 0.29) is 11.8 Å². The Bertz CT molecular complexity index is 712. The summed E-state index contributed by atoms with van der Waals surface area (Å²) in [6.45, 7) is 1.84. The Morgan fingerprint density at radius 3 is 2.55 bits per heavy atom. The first-order chi connectivity index (χ1) is 10.7. The number of nitrogens with zero attached hydrogens (tertiary/aromatic N) is 1. The van der Waals surface area contributed by atoms with Gasteiger partial charge in [0.1, 0.15) is 0 Å². The quantitative estimate of drug-likeness (QED) is 0.673. The zero-order valence-electron chi connectivity index (χ0n) is 12.3. The van der Waals surface area contributed by atoms with Crippen LogP contribution in [0, 0.1) is 5.92 Å². The number of rotatable bonds is 4. The zero-order chi connectivity index (χ0) is 15.5. The molecule has 2 atom stereocenters. The van der Waals surface area contributed by atoms with Crippen LogP contribution in [0.1, 0.15) is 30.4 Å². The number of amides is 1. The highest BCUT2D eigenvalue weighted by Gasteiger charge is 2.43. The molecule has 0 aliphatic heterocycles. The summed E-state index contributed by atoms with van der Waals surface area (Å²) in [7, 11) is 0. The topological polar surface area (TPSA) is 41.5 Å². The summed E-state index contributed by atoms with van der Waals surface area (Å²) in [4.78, 5) is 12.2. The van der Waals surface area contributed by atoms with Crippen molar-refractivity contribution < 1.29 is 4.79 Å². The van der Waals surface area contributed by atoms with Gasteiger partial charge >= 0.3 is 0 Å². The van der Waals surface area contributed by atoms with Crippen molar-refractivity contribution in [1.29, 1.82) is 0 Å². The van der Waals surface area contributed by atoms with Crippen molar-refractivity contribution in [2.45, 2.75) is 19.3 Å². The molecule has 2 unspecified atom stereocenters. The number of hydrazone groups is 1. The van der Waals surface area contributed by atoms with Gasteiger partial charge in [0, 0.05) is 16.5 Å². The fraction of sp³-hybridized carbons (Fsp3) is 0.222. The largest absolute Gasteiger partial charge is 0.273 e. The predicted molar refractivity (Wildman–Crippen MR) is 89.1 cm³/mol. The van der Waals surface area contributed by atoms with E-state index in [4.69, 9.17) is 11.6 Å². The van der Waals surface area contributed by atoms with Crippen molar-refractivity contribution in [2.75, 3.05) is 0 Å². The maximum atomic E-state index is 12.2. The van der Waals surface area contributed by atoms with E-state index in [0.717, 1.165) is 12.0 Å². The second kappa shape index (κ2) is 6.32. The van der Waals surface area contributed by atoms with E-state index < -0.39 is 0 Å². The van der Waals surface area contributed by atoms with Gasteiger partial charge in [-0.25, -0.2) is 5.43 Å². The second-order valence-electron chi connectivity index (χ2n) is 5.51. The fourth-order valence-electron chi connectivity index (χ4n) is 2.59. The fourth-order valence-corrected chi connectivity index (χ4v) is 2.86. The Morgan fingerprint density at radius 2 is 1.82 bits per heavy atom. The minimum atomic E-state index is -0.0275. The van der Waals surface area contributed by atoms with Crippen LogP contribution in [0.5, 0.6) is 0 Å². The number of benzene rings is 2. The summed E-state index contributed by atoms with van der Waals surface area (Å²) < 4.78 is 0. The van der Waals surface area contributed by atoms with Crippen molar-refractivity contribution in [1.82, 2.24) is 5.43 Å². The minimum absolute atomic E-state index is 0.0187. The number of carbonyl (C=O) groups is 1. The first kappa shape index (κ1) is 14.8. The van der Waals surface area contributed by atoms with Gasteiger partial charge in [-0.2, -0.15) is 5.10 Å². The number of hydrogen-bond acceptors (Lipinski definition) is 2. The van der Waals surface area contributed by atoms with E-state index in [9.17, 15) is 4.79 Å². The highest BCUT2D eigenvalue weighted by atomic mass is 35.5. The van der Waals surface area contributed by atoms with E-state index in [0.29, 0.717) is 16.7 Å². The lowest BCUT2D eigenvalue weighted by atomic mass is 10.1. The Hall–Kier alpha value is -2.13. The first-order valence-electron chi connectivity index (χ1n) is 7.31. The van der Waals surface area contributed by atoms with Crippen molar-refractivity contribution in [3.8, 4) is 0 Å². The Balaban J connectivity index is 1.62. The Morgan fingerprint density at radius 1 is 1.14 bits per heavy atom. The Kier molecular flexibility index (Phi) is 4.25. The van der Waals surface area contributed by atoms with E-state index in [1.807, 2.05) is 49.4 Å². The number of carbonyl (C=O) groups excluding carboxylic acids is 1. The van der Waals surface area contributed by atoms with Gasteiger partial charge in [0.15, 0.2) is 0 Å². The van der Waals surface area contributed by atoms with Crippen LogP contribution in [0.25, 0.3) is 0 Å². The Labute approximate surface area is 135 Å². The summed E-state index contributed by atoms with van der Waals surface area (Å²) in [6.07, 6.45) is 0.885. The lowest BCUT2D eigenvalue weighted by Crippen LogP contribution is -2.21. The van der Waals surface area contributed by atoms with Crippen molar-refractivity contribution in [3.05, 3.63) is 70.7 Å². The second-order valence-corrected chi connectivity index (χ2v) is 5.92. The highest BCUT2D eigenvalue weighted by molar-refractivity contribution is 6.34. The smallest absolute Gasteiger partial charge is 0.243 e. The molecule has 1 fully saturated rings. The monoisotopic (exact) mass is 312 g/mol. The molecule has 0 spiro atoms. The molecule has 1 N–H and O–H groups in total. The van der Waals surface area contributed by atoms with Gasteiger partial charge in [0.2, 0.25) is 5.91 Å². The molecular weight excluding hydrogens is 296 g/mol. The van der Waals surface area contributed by atoms with Crippen LogP contribution in [0.4, 0.5) is 0 Å². The van der Waals surface area contributed by atoms with Gasteiger partial charge in [-0.05, 0) is 30.9 Å². The van der Waals surface area contributed by atoms with Gasteiger partial charge in [-0.3, -0.25) is 4.79 Å². The summed E-state index contributed by atoms with van der Waals surface area (Å²) in [5.74, 6) is 0.308. The van der Waals surface area contributed by atoms with Crippen LogP contribution in [0.3, 0.4) is 0 Å². The third-order valence-corrected chi connectivity index (χ3v) is 4.28. The predicted octanol–water partition coefficient (Wildman–Crippen LogP) is 3.98. The maximum absolute atomic E-state index is 12.2. The third kappa shape index (κ3) is 3.20. The molecule has 1 saturated carbocycles. The molecule has 0 aromatic heterocycles. The molecule has 3 rings (SSSR count). The molecule has 1 aliphatic carbocycles. The normalized spacial score (nSPS) is 20.5. The molecular formula is C18H17ClN2O. The molecule has 4 heteroatoms. The van der Waals surface area contributed by atoms with E-state index >= 15 is 0 Å². The van der Waals surface area contributed by atoms with Gasteiger partial charge in [-0.15, -0.1) is 0 Å². The SMILES string of the molecule is CC(=NNC(=O)C1CC1c1ccccc1)c1ccccc1Cl. The number of halogens is 1. The van der Waals surface area contributed by atoms with Crippen LogP contribution < -0.4 is 5.43 Å². The van der Waals surface area contributed by atoms with Gasteiger partial charge < -0.3 is 0 Å². The zero-order valence-corrected chi connectivity index (χ0v) is 13.0. The van der Waals surface area contributed by atoms with Crippen molar-refractivity contribution in [3.63, 3.8) is 0 Å². The van der Waals surface area contributed by atoms with Crippen LogP contribution in [0.15, 0.2) is 59.7 Å². The van der Waals surface area contributed by atoms with Gasteiger partial charge in [0.05, 0.1) is 5.71 Å². The van der Waals surface area contributed by atoms with E-state index in [2.05, 4.69) is 22.7 Å². The molecule has 1 amide bonds. The van der Waals surface area contributed by atoms with Gasteiger partial charge in [0.25, 0.3) is 0 Å². The molecule has 0 heterocycles. The summed E-state index contributed by atoms with van der Waals surface area (Å²) in [6, 6.07) is 17.6. The molecule has 0 radical (unpaired) electrons. The average Bonchev–Trinajstić information content (AvgIpc) is 3.34. The summed E-state index contributed by atoms with van der Waals surface area (Å²) in [5, 5.41) is 4.81. The van der Waals surface area contributed by atoms with Crippen LogP contribution in [0.2, 0.25) is 5.02 Å². The first-order valence-corrected chi connectivity index (χ1v) is 7.68. The lowest BCUT2D eigenvalue weighted by molar-refractivity contribution is -0.122. The van der Waals surface area contributed by atoms with Crippen molar-refractivity contribution in [2.24, 2.45) is 11.0 Å². The molecule has 2 aromatic carbocycles. The van der Waals surface area contributed by atoms with Crippen LogP contribution >= 0.6 is 11.6 Å². The van der Waals surface area contributed by atoms with Crippen LogP contribution in [-0.4, -0.2) is 11.6 Å². The highest BCUT2D eigenvalue weighted by Crippen LogP contribution is 2.47. The lowest BCUT2D eigenvalue weighted by Gasteiger charge is -2.04. The molecule has 3 nitrogen and oxygen atoms in total. The molecule has 112 valence electrons. The molecule has 0 bridgehead atoms. The molecule has 1 aliphatic rings. The van der Waals surface area contributed by atoms with E-state index in [1.165, 1.54) is 5.56 Å². The minimum Gasteiger partial charge on any atom is -0.273 e. The number of hydrogen-bond donors (Lipinski definition) is 1. The number of nitrogens with one attached hydrogen (secondary N) is 1. The molecule has 22 heavy (non-hydrogen) atoms. The average molecular weight is 313 g/mol.